The number of aliphatic hydroxyl groups excluding tert-OH is 1. The fourth-order valence-corrected chi connectivity index (χ4v) is 1.36. The van der Waals surface area contributed by atoms with Gasteiger partial charge in [0, 0.05) is 13.0 Å². The van der Waals surface area contributed by atoms with Crippen molar-refractivity contribution in [1.82, 2.24) is 5.32 Å². The van der Waals surface area contributed by atoms with Gasteiger partial charge in [0.05, 0.1) is 12.0 Å². The van der Waals surface area contributed by atoms with E-state index in [1.54, 1.807) is 20.8 Å². The zero-order valence-electron chi connectivity index (χ0n) is 9.64. The number of amides is 1. The second-order valence-electron chi connectivity index (χ2n) is 5.18. The lowest BCUT2D eigenvalue weighted by Crippen LogP contribution is -2.38. The Morgan fingerprint density at radius 1 is 1.50 bits per heavy atom. The Bertz CT molecular complexity index is 288. The summed E-state index contributed by atoms with van der Waals surface area (Å²) in [7, 11) is 0. The summed E-state index contributed by atoms with van der Waals surface area (Å²) >= 11 is 0. The Morgan fingerprint density at radius 3 is 2.31 bits per heavy atom. The molecule has 0 aromatic rings. The number of nitrogens with one attached hydrogen (secondary N) is 1. The second-order valence-corrected chi connectivity index (χ2v) is 5.18. The average molecular weight is 237 g/mol. The van der Waals surface area contributed by atoms with E-state index in [2.05, 4.69) is 5.32 Å². The number of carbonyl (C=O) groups is 1. The standard InChI is InChI=1S/C10H17F2NO3/c1-8(2,3)16-7(15)13-5-9(6-14)4-10(9,11)12/h14H,4-6H2,1-3H3,(H,13,15). The molecule has 0 aromatic carbocycles. The van der Waals surface area contributed by atoms with Gasteiger partial charge in [-0.1, -0.05) is 0 Å². The maximum atomic E-state index is 12.9. The van der Waals surface area contributed by atoms with Crippen LogP contribution in [0.15, 0.2) is 0 Å². The molecule has 1 saturated carbocycles. The molecule has 1 aliphatic rings. The second kappa shape index (κ2) is 3.84. The van der Waals surface area contributed by atoms with Gasteiger partial charge in [-0.25, -0.2) is 13.6 Å². The predicted octanol–water partition coefficient (Wildman–Crippen LogP) is 1.53. The van der Waals surface area contributed by atoms with Gasteiger partial charge in [0.25, 0.3) is 5.92 Å². The summed E-state index contributed by atoms with van der Waals surface area (Å²) in [6.45, 7) is 4.13. The van der Waals surface area contributed by atoms with Crippen LogP contribution in [-0.4, -0.2) is 35.9 Å². The fraction of sp³-hybridized carbons (Fsp3) is 0.900. The minimum atomic E-state index is -2.89. The quantitative estimate of drug-likeness (QED) is 0.782. The summed E-state index contributed by atoms with van der Waals surface area (Å²) in [5, 5.41) is 11.1. The molecular formula is C10H17F2NO3. The van der Waals surface area contributed by atoms with E-state index in [0.717, 1.165) is 0 Å². The van der Waals surface area contributed by atoms with Crippen LogP contribution in [0.3, 0.4) is 0 Å². The van der Waals surface area contributed by atoms with Crippen molar-refractivity contribution >= 4 is 6.09 Å². The van der Waals surface area contributed by atoms with Crippen molar-refractivity contribution in [3.05, 3.63) is 0 Å². The zero-order chi connectivity index (χ0) is 12.6. The molecule has 1 aliphatic carbocycles. The summed E-state index contributed by atoms with van der Waals surface area (Å²) in [4.78, 5) is 11.2. The predicted molar refractivity (Wildman–Crippen MR) is 53.3 cm³/mol. The molecule has 0 aromatic heterocycles. The summed E-state index contributed by atoms with van der Waals surface area (Å²) in [5.74, 6) is -2.89. The molecule has 0 bridgehead atoms. The van der Waals surface area contributed by atoms with Crippen molar-refractivity contribution in [3.8, 4) is 0 Å². The van der Waals surface area contributed by atoms with Crippen molar-refractivity contribution in [1.29, 1.82) is 0 Å². The van der Waals surface area contributed by atoms with Crippen molar-refractivity contribution in [3.63, 3.8) is 0 Å². The van der Waals surface area contributed by atoms with Gasteiger partial charge >= 0.3 is 6.09 Å². The molecule has 1 unspecified atom stereocenters. The Morgan fingerprint density at radius 2 is 2.00 bits per heavy atom. The summed E-state index contributed by atoms with van der Waals surface area (Å²) in [6.07, 6.45) is -1.14. The largest absolute Gasteiger partial charge is 0.444 e. The van der Waals surface area contributed by atoms with Gasteiger partial charge in [0.1, 0.15) is 5.60 Å². The number of halogens is 2. The van der Waals surface area contributed by atoms with Crippen LogP contribution in [0.4, 0.5) is 13.6 Å². The maximum Gasteiger partial charge on any atom is 0.407 e. The van der Waals surface area contributed by atoms with Crippen LogP contribution in [0, 0.1) is 5.41 Å². The number of alkyl carbamates (subject to hydrolysis) is 1. The highest BCUT2D eigenvalue weighted by atomic mass is 19.3. The number of aliphatic hydroxyl groups is 1. The molecule has 1 amide bonds. The Labute approximate surface area is 93.0 Å². The van der Waals surface area contributed by atoms with E-state index in [4.69, 9.17) is 9.84 Å². The van der Waals surface area contributed by atoms with Gasteiger partial charge in [0.2, 0.25) is 0 Å². The molecule has 0 saturated heterocycles. The van der Waals surface area contributed by atoms with Gasteiger partial charge in [-0.2, -0.15) is 0 Å². The van der Waals surface area contributed by atoms with Crippen LogP contribution in [-0.2, 0) is 4.74 Å². The molecule has 0 radical (unpaired) electrons. The molecule has 6 heteroatoms. The van der Waals surface area contributed by atoms with E-state index in [0.29, 0.717) is 0 Å². The third-order valence-electron chi connectivity index (χ3n) is 2.48. The molecule has 4 nitrogen and oxygen atoms in total. The normalized spacial score (nSPS) is 27.4. The number of rotatable bonds is 3. The molecule has 1 fully saturated rings. The van der Waals surface area contributed by atoms with Crippen molar-refractivity contribution in [2.45, 2.75) is 38.7 Å². The first-order valence-corrected chi connectivity index (χ1v) is 5.07. The molecule has 1 atom stereocenters. The Kier molecular flexibility index (Phi) is 3.15. The summed E-state index contributed by atoms with van der Waals surface area (Å²) < 4.78 is 30.7. The van der Waals surface area contributed by atoms with E-state index < -0.39 is 36.1 Å². The van der Waals surface area contributed by atoms with Crippen LogP contribution >= 0.6 is 0 Å². The Hall–Kier alpha value is -0.910. The van der Waals surface area contributed by atoms with Gasteiger partial charge < -0.3 is 15.2 Å². The molecule has 16 heavy (non-hydrogen) atoms. The molecule has 94 valence electrons. The topological polar surface area (TPSA) is 58.6 Å². The average Bonchev–Trinajstić information content (AvgIpc) is 2.63. The third-order valence-corrected chi connectivity index (χ3v) is 2.48. The number of alkyl halides is 2. The van der Waals surface area contributed by atoms with Crippen LogP contribution in [0.2, 0.25) is 0 Å². The molecule has 0 spiro atoms. The van der Waals surface area contributed by atoms with Crippen molar-refractivity contribution in [2.75, 3.05) is 13.2 Å². The molecule has 2 N–H and O–H groups in total. The Balaban J connectivity index is 2.39. The van der Waals surface area contributed by atoms with Crippen LogP contribution in [0.25, 0.3) is 0 Å². The number of carbonyl (C=O) groups excluding carboxylic acids is 1. The lowest BCUT2D eigenvalue weighted by molar-refractivity contribution is 0.0291. The lowest BCUT2D eigenvalue weighted by atomic mass is 10.1. The van der Waals surface area contributed by atoms with Crippen molar-refractivity contribution in [2.24, 2.45) is 5.41 Å². The van der Waals surface area contributed by atoms with Crippen molar-refractivity contribution < 1.29 is 23.4 Å². The van der Waals surface area contributed by atoms with E-state index in [1.807, 2.05) is 0 Å². The van der Waals surface area contributed by atoms with E-state index >= 15 is 0 Å². The first-order chi connectivity index (χ1) is 7.12. The first kappa shape index (κ1) is 13.2. The first-order valence-electron chi connectivity index (χ1n) is 5.07. The smallest absolute Gasteiger partial charge is 0.407 e. The van der Waals surface area contributed by atoms with Crippen LogP contribution in [0.5, 0.6) is 0 Å². The maximum absolute atomic E-state index is 12.9. The third kappa shape index (κ3) is 2.81. The highest BCUT2D eigenvalue weighted by molar-refractivity contribution is 5.67. The monoisotopic (exact) mass is 237 g/mol. The molecule has 1 rings (SSSR count). The summed E-state index contributed by atoms with van der Waals surface area (Å²) in [5.41, 5.74) is -2.16. The number of hydrogen-bond donors (Lipinski definition) is 2. The van der Waals surface area contributed by atoms with Crippen LogP contribution in [0.1, 0.15) is 27.2 Å². The minimum absolute atomic E-state index is 0.272. The SMILES string of the molecule is CC(C)(C)OC(=O)NCC1(CO)CC1(F)F. The molecule has 0 aliphatic heterocycles. The highest BCUT2D eigenvalue weighted by Gasteiger charge is 2.70. The molecular weight excluding hydrogens is 220 g/mol. The van der Waals surface area contributed by atoms with E-state index in [9.17, 15) is 13.6 Å². The molecule has 0 heterocycles. The van der Waals surface area contributed by atoms with Gasteiger partial charge in [-0.15, -0.1) is 0 Å². The highest BCUT2D eigenvalue weighted by Crippen LogP contribution is 2.59. The van der Waals surface area contributed by atoms with E-state index in [1.165, 1.54) is 0 Å². The minimum Gasteiger partial charge on any atom is -0.444 e. The lowest BCUT2D eigenvalue weighted by Gasteiger charge is -2.21. The zero-order valence-corrected chi connectivity index (χ0v) is 9.64. The van der Waals surface area contributed by atoms with Crippen LogP contribution < -0.4 is 5.32 Å². The van der Waals surface area contributed by atoms with E-state index in [-0.39, 0.29) is 6.54 Å². The fourth-order valence-electron chi connectivity index (χ4n) is 1.36. The summed E-state index contributed by atoms with van der Waals surface area (Å²) in [6, 6.07) is 0. The van der Waals surface area contributed by atoms with Gasteiger partial charge in [-0.3, -0.25) is 0 Å². The number of ether oxygens (including phenoxy) is 1. The van der Waals surface area contributed by atoms with Gasteiger partial charge in [-0.05, 0) is 20.8 Å². The number of hydrogen-bond acceptors (Lipinski definition) is 3. The van der Waals surface area contributed by atoms with Gasteiger partial charge in [0.15, 0.2) is 0 Å².